The Morgan fingerprint density at radius 3 is 2.83 bits per heavy atom. The summed E-state index contributed by atoms with van der Waals surface area (Å²) in [4.78, 5) is 25.2. The smallest absolute Gasteiger partial charge is 0.253 e. The first-order valence-electron chi connectivity index (χ1n) is 10.9. The summed E-state index contributed by atoms with van der Waals surface area (Å²) in [6, 6.07) is 5.99. The zero-order chi connectivity index (χ0) is 21.5. The molecule has 6 heteroatoms. The lowest BCUT2D eigenvalue weighted by Crippen LogP contribution is -2.29. The zero-order valence-electron chi connectivity index (χ0n) is 18.4. The molecule has 3 rings (SSSR count). The average molecular weight is 425 g/mol. The van der Waals surface area contributed by atoms with E-state index in [9.17, 15) is 4.79 Å². The molecule has 3 aromatic rings. The van der Waals surface area contributed by atoms with E-state index in [4.69, 9.17) is 4.98 Å². The van der Waals surface area contributed by atoms with Crippen LogP contribution < -0.4 is 5.32 Å². The number of rotatable bonds is 10. The number of aryl methyl sites for hydroxylation is 2. The van der Waals surface area contributed by atoms with Crippen LogP contribution in [0.25, 0.3) is 22.0 Å². The molecule has 0 saturated carbocycles. The molecule has 1 amide bonds. The highest BCUT2D eigenvalue weighted by atomic mass is 32.1. The van der Waals surface area contributed by atoms with Gasteiger partial charge >= 0.3 is 0 Å². The number of aromatic amines is 1. The first kappa shape index (κ1) is 22.2. The van der Waals surface area contributed by atoms with Crippen LogP contribution in [-0.4, -0.2) is 27.4 Å². The first-order valence-corrected chi connectivity index (χ1v) is 11.8. The van der Waals surface area contributed by atoms with Crippen LogP contribution in [0.4, 0.5) is 0 Å². The monoisotopic (exact) mass is 424 g/mol. The molecule has 2 N–H and O–H groups in total. The molecule has 5 nitrogen and oxygen atoms in total. The lowest BCUT2D eigenvalue weighted by molar-refractivity contribution is 0.0945. The van der Waals surface area contributed by atoms with Gasteiger partial charge < -0.3 is 10.3 Å². The van der Waals surface area contributed by atoms with Crippen LogP contribution in [-0.2, 0) is 6.42 Å². The molecule has 0 saturated heterocycles. The Balaban J connectivity index is 1.71. The molecule has 30 heavy (non-hydrogen) atoms. The third kappa shape index (κ3) is 5.36. The first-order chi connectivity index (χ1) is 14.5. The summed E-state index contributed by atoms with van der Waals surface area (Å²) in [6.45, 7) is 9.17. The van der Waals surface area contributed by atoms with E-state index >= 15 is 0 Å². The molecule has 0 bridgehead atoms. The summed E-state index contributed by atoms with van der Waals surface area (Å²) < 4.78 is 0. The van der Waals surface area contributed by atoms with Crippen LogP contribution in [0.15, 0.2) is 29.8 Å². The highest BCUT2D eigenvalue weighted by molar-refractivity contribution is 7.13. The van der Waals surface area contributed by atoms with Crippen LogP contribution in [0.3, 0.4) is 0 Å². The van der Waals surface area contributed by atoms with E-state index in [1.165, 1.54) is 19.3 Å². The molecule has 1 atom stereocenters. The van der Waals surface area contributed by atoms with Crippen molar-refractivity contribution >= 4 is 17.2 Å². The highest BCUT2D eigenvalue weighted by Gasteiger charge is 2.17. The summed E-state index contributed by atoms with van der Waals surface area (Å²) >= 11 is 1.61. The summed E-state index contributed by atoms with van der Waals surface area (Å²) in [5, 5.41) is 6.12. The zero-order valence-corrected chi connectivity index (χ0v) is 19.2. The normalized spacial score (nSPS) is 12.1. The summed E-state index contributed by atoms with van der Waals surface area (Å²) in [6.07, 6.45) is 7.40. The van der Waals surface area contributed by atoms with E-state index in [2.05, 4.69) is 42.1 Å². The lowest BCUT2D eigenvalue weighted by atomic mass is 9.99. The number of hydrogen-bond acceptors (Lipinski definition) is 4. The molecule has 3 aromatic heterocycles. The maximum atomic E-state index is 12.7. The van der Waals surface area contributed by atoms with Gasteiger partial charge in [-0.25, -0.2) is 4.98 Å². The van der Waals surface area contributed by atoms with Crippen molar-refractivity contribution in [3.8, 4) is 22.0 Å². The molecule has 0 aromatic carbocycles. The molecule has 0 aliphatic carbocycles. The largest absolute Gasteiger partial charge is 0.357 e. The third-order valence-corrected chi connectivity index (χ3v) is 6.45. The van der Waals surface area contributed by atoms with E-state index in [0.717, 1.165) is 52.7 Å². The van der Waals surface area contributed by atoms with Gasteiger partial charge in [0.05, 0.1) is 17.0 Å². The van der Waals surface area contributed by atoms with Crippen molar-refractivity contribution in [2.24, 2.45) is 5.92 Å². The van der Waals surface area contributed by atoms with Gasteiger partial charge in [0.2, 0.25) is 0 Å². The minimum atomic E-state index is -0.0119. The van der Waals surface area contributed by atoms with Crippen LogP contribution in [0.1, 0.15) is 68.2 Å². The number of carbonyl (C=O) groups is 1. The van der Waals surface area contributed by atoms with Crippen molar-refractivity contribution in [2.45, 2.75) is 59.8 Å². The van der Waals surface area contributed by atoms with Crippen molar-refractivity contribution < 1.29 is 4.79 Å². The molecule has 0 spiro atoms. The van der Waals surface area contributed by atoms with Gasteiger partial charge in [-0.1, -0.05) is 40.0 Å². The van der Waals surface area contributed by atoms with E-state index in [1.807, 2.05) is 30.6 Å². The summed E-state index contributed by atoms with van der Waals surface area (Å²) in [5.74, 6) is 0.532. The van der Waals surface area contributed by atoms with Gasteiger partial charge in [-0.05, 0) is 43.9 Å². The SMILES string of the molecule is CCCCC(CC)CNC(=O)c1cc(-c2csc(-c3ccnc(CC)c3)n2)[nH]c1C. The van der Waals surface area contributed by atoms with Crippen molar-refractivity contribution in [1.82, 2.24) is 20.3 Å². The van der Waals surface area contributed by atoms with Gasteiger partial charge in [0.1, 0.15) is 5.01 Å². The van der Waals surface area contributed by atoms with Crippen LogP contribution >= 0.6 is 11.3 Å². The Kier molecular flexibility index (Phi) is 7.80. The fourth-order valence-electron chi connectivity index (χ4n) is 3.54. The Bertz CT molecular complexity index is 975. The average Bonchev–Trinajstić information content (AvgIpc) is 3.41. The fraction of sp³-hybridized carbons (Fsp3) is 0.458. The second-order valence-electron chi connectivity index (χ2n) is 7.78. The second-order valence-corrected chi connectivity index (χ2v) is 8.63. The number of hydrogen-bond donors (Lipinski definition) is 2. The minimum absolute atomic E-state index is 0.0119. The summed E-state index contributed by atoms with van der Waals surface area (Å²) in [5.41, 5.74) is 5.45. The molecule has 0 aliphatic rings. The van der Waals surface area contributed by atoms with Gasteiger partial charge in [0, 0.05) is 35.1 Å². The number of nitrogens with zero attached hydrogens (tertiary/aromatic N) is 2. The molecular weight excluding hydrogens is 392 g/mol. The quantitative estimate of drug-likeness (QED) is 0.418. The fourth-order valence-corrected chi connectivity index (χ4v) is 4.36. The van der Waals surface area contributed by atoms with E-state index in [1.54, 1.807) is 11.3 Å². The Hall–Kier alpha value is -2.47. The molecule has 3 heterocycles. The number of pyridine rings is 1. The molecule has 0 radical (unpaired) electrons. The Morgan fingerprint density at radius 1 is 1.27 bits per heavy atom. The van der Waals surface area contributed by atoms with E-state index in [-0.39, 0.29) is 5.91 Å². The van der Waals surface area contributed by atoms with Gasteiger partial charge in [-0.2, -0.15) is 0 Å². The number of H-pyrrole nitrogens is 1. The van der Waals surface area contributed by atoms with Gasteiger partial charge in [0.15, 0.2) is 0 Å². The number of amides is 1. The van der Waals surface area contributed by atoms with Crippen molar-refractivity contribution in [2.75, 3.05) is 6.54 Å². The van der Waals surface area contributed by atoms with E-state index in [0.29, 0.717) is 11.5 Å². The van der Waals surface area contributed by atoms with Gasteiger partial charge in [0.25, 0.3) is 5.91 Å². The molecular formula is C24H32N4OS. The van der Waals surface area contributed by atoms with Crippen LogP contribution in [0, 0.1) is 12.8 Å². The number of thiazole rings is 1. The number of nitrogens with one attached hydrogen (secondary N) is 2. The number of carbonyl (C=O) groups excluding carboxylic acids is 1. The second kappa shape index (κ2) is 10.5. The number of aromatic nitrogens is 3. The Labute approximate surface area is 183 Å². The molecule has 1 unspecified atom stereocenters. The van der Waals surface area contributed by atoms with Gasteiger partial charge in [-0.15, -0.1) is 11.3 Å². The maximum Gasteiger partial charge on any atom is 0.253 e. The van der Waals surface area contributed by atoms with Crippen molar-refractivity contribution in [3.63, 3.8) is 0 Å². The lowest BCUT2D eigenvalue weighted by Gasteiger charge is -2.15. The van der Waals surface area contributed by atoms with Gasteiger partial charge in [-0.3, -0.25) is 9.78 Å². The molecule has 0 aliphatic heterocycles. The predicted molar refractivity (Wildman–Crippen MR) is 125 cm³/mol. The van der Waals surface area contributed by atoms with Crippen LogP contribution in [0.5, 0.6) is 0 Å². The molecule has 0 fully saturated rings. The minimum Gasteiger partial charge on any atom is -0.357 e. The van der Waals surface area contributed by atoms with E-state index < -0.39 is 0 Å². The maximum absolute atomic E-state index is 12.7. The molecule has 160 valence electrons. The van der Waals surface area contributed by atoms with Crippen molar-refractivity contribution in [3.05, 3.63) is 46.7 Å². The Morgan fingerprint density at radius 2 is 2.10 bits per heavy atom. The predicted octanol–water partition coefficient (Wildman–Crippen LogP) is 6.02. The summed E-state index contributed by atoms with van der Waals surface area (Å²) in [7, 11) is 0. The van der Waals surface area contributed by atoms with Crippen LogP contribution in [0.2, 0.25) is 0 Å². The van der Waals surface area contributed by atoms with Crippen molar-refractivity contribution in [1.29, 1.82) is 0 Å². The highest BCUT2D eigenvalue weighted by Crippen LogP contribution is 2.29. The topological polar surface area (TPSA) is 70.7 Å². The number of unbranched alkanes of at least 4 members (excludes halogenated alkanes) is 1. The third-order valence-electron chi connectivity index (χ3n) is 5.56. The standard InChI is InChI=1S/C24H32N4OS/c1-5-8-9-17(6-2)14-26-23(29)20-13-21(27-16(20)4)22-15-30-24(28-22)18-10-11-25-19(7-3)12-18/h10-13,15,17,27H,5-9,14H2,1-4H3,(H,26,29).